The molecule has 0 saturated heterocycles. The standard InChI is InChI=1S/C28H27F2NO4S/c1-28(2,3)22-5-4-6-24(17-22)36(34,35)31-23(15-20-14-19(27(32)33)8-9-25(20)30)16-21-13-18(11-12-29)7-10-26(21)31/h4-10,13-14,16-17H,11-12,15H2,1-3H3,(H,32,33). The Morgan fingerprint density at radius 2 is 1.75 bits per heavy atom. The van der Waals surface area contributed by atoms with E-state index in [0.717, 1.165) is 17.7 Å². The molecule has 0 aliphatic carbocycles. The smallest absolute Gasteiger partial charge is 0.335 e. The van der Waals surface area contributed by atoms with Crippen LogP contribution in [-0.4, -0.2) is 30.1 Å². The van der Waals surface area contributed by atoms with Gasteiger partial charge in [0.25, 0.3) is 10.0 Å². The van der Waals surface area contributed by atoms with E-state index in [9.17, 15) is 27.1 Å². The molecule has 1 heterocycles. The molecular weight excluding hydrogens is 484 g/mol. The Balaban J connectivity index is 1.94. The zero-order valence-corrected chi connectivity index (χ0v) is 21.1. The summed E-state index contributed by atoms with van der Waals surface area (Å²) in [6.45, 7) is 5.41. The van der Waals surface area contributed by atoms with Crippen LogP contribution < -0.4 is 0 Å². The lowest BCUT2D eigenvalue weighted by atomic mass is 9.87. The van der Waals surface area contributed by atoms with Crippen molar-refractivity contribution in [2.45, 2.75) is 43.9 Å². The third-order valence-electron chi connectivity index (χ3n) is 6.18. The number of rotatable bonds is 7. The highest BCUT2D eigenvalue weighted by atomic mass is 32.2. The van der Waals surface area contributed by atoms with Crippen LogP contribution in [0.3, 0.4) is 0 Å². The van der Waals surface area contributed by atoms with E-state index in [-0.39, 0.29) is 40.0 Å². The van der Waals surface area contributed by atoms with Crippen molar-refractivity contribution in [2.24, 2.45) is 0 Å². The summed E-state index contributed by atoms with van der Waals surface area (Å²) in [6.07, 6.45) is 0.0321. The summed E-state index contributed by atoms with van der Waals surface area (Å²) in [5, 5.41) is 9.90. The van der Waals surface area contributed by atoms with Gasteiger partial charge in [-0.2, -0.15) is 0 Å². The monoisotopic (exact) mass is 511 g/mol. The highest BCUT2D eigenvalue weighted by Crippen LogP contribution is 2.31. The zero-order chi connectivity index (χ0) is 26.3. The van der Waals surface area contributed by atoms with E-state index in [2.05, 4.69) is 0 Å². The number of benzene rings is 3. The maximum absolute atomic E-state index is 14.7. The summed E-state index contributed by atoms with van der Waals surface area (Å²) < 4.78 is 56.8. The summed E-state index contributed by atoms with van der Waals surface area (Å²) in [5.41, 5.74) is 1.87. The van der Waals surface area contributed by atoms with Gasteiger partial charge in [-0.05, 0) is 70.6 Å². The Hall–Kier alpha value is -3.52. The SMILES string of the molecule is CC(C)(C)c1cccc(S(=O)(=O)n2c(Cc3cc(C(=O)O)ccc3F)cc3cc(CCF)ccc32)c1. The lowest BCUT2D eigenvalue weighted by Gasteiger charge is -2.20. The normalized spacial score (nSPS) is 12.2. The van der Waals surface area contributed by atoms with Crippen LogP contribution in [0.15, 0.2) is 71.6 Å². The van der Waals surface area contributed by atoms with Crippen LogP contribution in [0.2, 0.25) is 0 Å². The Labute approximate surface area is 209 Å². The van der Waals surface area contributed by atoms with Gasteiger partial charge < -0.3 is 5.11 Å². The van der Waals surface area contributed by atoms with Crippen molar-refractivity contribution in [2.75, 3.05) is 6.67 Å². The number of aromatic carboxylic acids is 1. The number of halogens is 2. The molecule has 0 bridgehead atoms. The number of carbonyl (C=O) groups is 1. The van der Waals surface area contributed by atoms with Crippen molar-refractivity contribution in [1.82, 2.24) is 3.97 Å². The zero-order valence-electron chi connectivity index (χ0n) is 20.3. The summed E-state index contributed by atoms with van der Waals surface area (Å²) in [5.74, 6) is -1.85. The molecule has 36 heavy (non-hydrogen) atoms. The predicted molar refractivity (Wildman–Crippen MR) is 136 cm³/mol. The molecule has 8 heteroatoms. The van der Waals surface area contributed by atoms with Gasteiger partial charge >= 0.3 is 5.97 Å². The highest BCUT2D eigenvalue weighted by Gasteiger charge is 2.26. The molecule has 0 aliphatic heterocycles. The number of carboxylic acids is 1. The molecule has 0 fully saturated rings. The first-order valence-electron chi connectivity index (χ1n) is 11.5. The minimum Gasteiger partial charge on any atom is -0.478 e. The van der Waals surface area contributed by atoms with Crippen LogP contribution in [0.1, 0.15) is 53.5 Å². The molecule has 0 atom stereocenters. The summed E-state index contributed by atoms with van der Waals surface area (Å²) >= 11 is 0. The van der Waals surface area contributed by atoms with Gasteiger partial charge in [0.05, 0.1) is 22.7 Å². The Morgan fingerprint density at radius 1 is 1.00 bits per heavy atom. The quantitative estimate of drug-likeness (QED) is 0.325. The van der Waals surface area contributed by atoms with Gasteiger partial charge in [-0.25, -0.2) is 21.6 Å². The fourth-order valence-electron chi connectivity index (χ4n) is 4.24. The number of aryl methyl sites for hydroxylation is 1. The van der Waals surface area contributed by atoms with E-state index in [1.54, 1.807) is 36.4 Å². The lowest BCUT2D eigenvalue weighted by Crippen LogP contribution is -2.18. The van der Waals surface area contributed by atoms with E-state index >= 15 is 0 Å². The second kappa shape index (κ2) is 9.50. The average molecular weight is 512 g/mol. The minimum absolute atomic E-state index is 0.0570. The van der Waals surface area contributed by atoms with Crippen LogP contribution in [-0.2, 0) is 28.3 Å². The van der Waals surface area contributed by atoms with Gasteiger partial charge in [-0.1, -0.05) is 39.0 Å². The van der Waals surface area contributed by atoms with Crippen molar-refractivity contribution >= 4 is 26.9 Å². The third-order valence-corrected chi connectivity index (χ3v) is 7.94. The number of nitrogens with zero attached hydrogens (tertiary/aromatic N) is 1. The predicted octanol–water partition coefficient (Wildman–Crippen LogP) is 6.12. The largest absolute Gasteiger partial charge is 0.478 e. The minimum atomic E-state index is -4.12. The van der Waals surface area contributed by atoms with Crippen LogP contribution in [0.25, 0.3) is 10.9 Å². The molecule has 0 amide bonds. The molecule has 188 valence electrons. The molecule has 0 saturated carbocycles. The molecule has 0 spiro atoms. The number of hydrogen-bond acceptors (Lipinski definition) is 3. The maximum Gasteiger partial charge on any atom is 0.335 e. The Bertz CT molecular complexity index is 1570. The number of fused-ring (bicyclic) bond motifs is 1. The molecule has 4 rings (SSSR count). The summed E-state index contributed by atoms with van der Waals surface area (Å²) in [6, 6.07) is 16.8. The van der Waals surface area contributed by atoms with Crippen molar-refractivity contribution < 1.29 is 27.1 Å². The van der Waals surface area contributed by atoms with Crippen molar-refractivity contribution in [1.29, 1.82) is 0 Å². The molecule has 3 aromatic carbocycles. The van der Waals surface area contributed by atoms with E-state index in [4.69, 9.17) is 0 Å². The molecule has 4 aromatic rings. The number of carboxylic acid groups (broad SMARTS) is 1. The second-order valence-corrected chi connectivity index (χ2v) is 11.6. The van der Waals surface area contributed by atoms with E-state index in [1.165, 1.54) is 16.1 Å². The van der Waals surface area contributed by atoms with Crippen molar-refractivity contribution in [3.63, 3.8) is 0 Å². The van der Waals surface area contributed by atoms with Crippen LogP contribution >= 0.6 is 0 Å². The molecule has 0 aliphatic rings. The number of alkyl halides is 1. The molecule has 0 radical (unpaired) electrons. The Kier molecular flexibility index (Phi) is 6.75. The van der Waals surface area contributed by atoms with Crippen molar-refractivity contribution in [3.05, 3.63) is 100 Å². The van der Waals surface area contributed by atoms with E-state index < -0.39 is 28.5 Å². The van der Waals surface area contributed by atoms with Crippen molar-refractivity contribution in [3.8, 4) is 0 Å². The molecule has 1 N–H and O–H groups in total. The van der Waals surface area contributed by atoms with E-state index in [1.807, 2.05) is 26.8 Å². The van der Waals surface area contributed by atoms with Gasteiger partial charge in [0, 0.05) is 23.9 Å². The molecular formula is C28H27F2NO4S. The van der Waals surface area contributed by atoms with E-state index in [0.29, 0.717) is 16.5 Å². The third kappa shape index (κ3) is 4.91. The van der Waals surface area contributed by atoms with Crippen LogP contribution in [0.4, 0.5) is 8.78 Å². The van der Waals surface area contributed by atoms with Gasteiger partial charge in [0.15, 0.2) is 0 Å². The maximum atomic E-state index is 14.7. The number of aromatic nitrogens is 1. The van der Waals surface area contributed by atoms with Crippen LogP contribution in [0, 0.1) is 5.82 Å². The highest BCUT2D eigenvalue weighted by molar-refractivity contribution is 7.90. The second-order valence-electron chi connectivity index (χ2n) is 9.80. The topological polar surface area (TPSA) is 76.4 Å². The molecule has 0 unspecified atom stereocenters. The Morgan fingerprint density at radius 3 is 2.42 bits per heavy atom. The van der Waals surface area contributed by atoms with Gasteiger partial charge in [-0.3, -0.25) is 4.39 Å². The summed E-state index contributed by atoms with van der Waals surface area (Å²) in [4.78, 5) is 11.5. The van der Waals surface area contributed by atoms with Gasteiger partial charge in [0.2, 0.25) is 0 Å². The summed E-state index contributed by atoms with van der Waals surface area (Å²) in [7, 11) is -4.12. The first-order chi connectivity index (χ1) is 16.9. The average Bonchev–Trinajstić information content (AvgIpc) is 3.18. The number of hydrogen-bond donors (Lipinski definition) is 1. The van der Waals surface area contributed by atoms with Gasteiger partial charge in [-0.15, -0.1) is 0 Å². The fourth-order valence-corrected chi connectivity index (χ4v) is 5.82. The van der Waals surface area contributed by atoms with Crippen LogP contribution in [0.5, 0.6) is 0 Å². The first-order valence-corrected chi connectivity index (χ1v) is 12.9. The lowest BCUT2D eigenvalue weighted by molar-refractivity contribution is 0.0696. The molecule has 1 aromatic heterocycles. The fraction of sp³-hybridized carbons (Fsp3) is 0.250. The van der Waals surface area contributed by atoms with Gasteiger partial charge in [0.1, 0.15) is 5.82 Å². The molecule has 5 nitrogen and oxygen atoms in total. The first kappa shape index (κ1) is 25.6.